The summed E-state index contributed by atoms with van der Waals surface area (Å²) in [5.74, 6) is 0. The molecule has 0 unspecified atom stereocenters. The van der Waals surface area contributed by atoms with Gasteiger partial charge in [-0.05, 0) is 6.07 Å². The third-order valence-corrected chi connectivity index (χ3v) is 2.73. The Labute approximate surface area is 104 Å². The summed E-state index contributed by atoms with van der Waals surface area (Å²) in [7, 11) is 1.86. The van der Waals surface area contributed by atoms with E-state index in [0.717, 1.165) is 5.69 Å². The summed E-state index contributed by atoms with van der Waals surface area (Å²) in [4.78, 5) is 10.5. The molecular weight excluding hydrogens is 232 g/mol. The summed E-state index contributed by atoms with van der Waals surface area (Å²) < 4.78 is 1.77. The Hall–Kier alpha value is -2.21. The predicted octanol–water partition coefficient (Wildman–Crippen LogP) is 1.62. The van der Waals surface area contributed by atoms with Crippen LogP contribution in [0.5, 0.6) is 0 Å². The highest BCUT2D eigenvalue weighted by molar-refractivity contribution is 5.39. The maximum absolute atomic E-state index is 10.8. The molecule has 0 saturated carbocycles. The molecule has 0 fully saturated rings. The summed E-state index contributed by atoms with van der Waals surface area (Å²) in [6.45, 7) is 1.09. The number of nitro benzene ring substituents is 1. The lowest BCUT2D eigenvalue weighted by Crippen LogP contribution is -2.16. The molecule has 2 rings (SSSR count). The minimum atomic E-state index is -0.360. The number of hydrogen-bond donors (Lipinski definition) is 1. The van der Waals surface area contributed by atoms with Crippen LogP contribution in [0, 0.1) is 10.1 Å². The van der Waals surface area contributed by atoms with Crippen LogP contribution in [0.25, 0.3) is 0 Å². The zero-order chi connectivity index (χ0) is 13.0. The number of para-hydroxylation sites is 1. The average Bonchev–Trinajstić information content (AvgIpc) is 2.76. The van der Waals surface area contributed by atoms with Crippen LogP contribution >= 0.6 is 0 Å². The molecule has 0 amide bonds. The Balaban J connectivity index is 1.99. The number of nitrogens with one attached hydrogen (secondary N) is 1. The summed E-state index contributed by atoms with van der Waals surface area (Å²) >= 11 is 0. The van der Waals surface area contributed by atoms with E-state index in [1.807, 2.05) is 13.1 Å². The number of aromatic nitrogens is 2. The molecule has 0 bridgehead atoms. The predicted molar refractivity (Wildman–Crippen MR) is 66.8 cm³/mol. The molecule has 0 spiro atoms. The van der Waals surface area contributed by atoms with Gasteiger partial charge >= 0.3 is 0 Å². The molecule has 0 radical (unpaired) electrons. The van der Waals surface area contributed by atoms with Crippen molar-refractivity contribution in [1.29, 1.82) is 0 Å². The van der Waals surface area contributed by atoms with Gasteiger partial charge in [0.2, 0.25) is 0 Å². The van der Waals surface area contributed by atoms with E-state index in [1.54, 1.807) is 29.1 Å². The lowest BCUT2D eigenvalue weighted by molar-refractivity contribution is -0.385. The van der Waals surface area contributed by atoms with Crippen molar-refractivity contribution in [3.05, 3.63) is 57.9 Å². The van der Waals surface area contributed by atoms with Gasteiger partial charge in [0.25, 0.3) is 5.69 Å². The van der Waals surface area contributed by atoms with Crippen molar-refractivity contribution in [2.24, 2.45) is 7.05 Å². The fourth-order valence-corrected chi connectivity index (χ4v) is 1.74. The van der Waals surface area contributed by atoms with Gasteiger partial charge < -0.3 is 5.32 Å². The van der Waals surface area contributed by atoms with E-state index in [1.165, 1.54) is 6.07 Å². The number of nitrogens with zero attached hydrogens (tertiary/aromatic N) is 3. The second-order valence-corrected chi connectivity index (χ2v) is 3.94. The van der Waals surface area contributed by atoms with Gasteiger partial charge in [0.1, 0.15) is 0 Å². The maximum atomic E-state index is 10.8. The Morgan fingerprint density at radius 3 is 2.78 bits per heavy atom. The van der Waals surface area contributed by atoms with Gasteiger partial charge in [-0.15, -0.1) is 0 Å². The SMILES string of the molecule is Cn1nccc1CNCc1ccccc1[N+](=O)[O-]. The fourth-order valence-electron chi connectivity index (χ4n) is 1.74. The zero-order valence-electron chi connectivity index (χ0n) is 10.0. The summed E-state index contributed by atoms with van der Waals surface area (Å²) in [5, 5.41) is 18.1. The number of benzene rings is 1. The molecule has 0 atom stereocenters. The normalized spacial score (nSPS) is 10.5. The minimum absolute atomic E-state index is 0.148. The van der Waals surface area contributed by atoms with Crippen molar-refractivity contribution in [2.75, 3.05) is 0 Å². The van der Waals surface area contributed by atoms with Crippen molar-refractivity contribution in [2.45, 2.75) is 13.1 Å². The Bertz CT molecular complexity index is 551. The summed E-state index contributed by atoms with van der Waals surface area (Å²) in [5.41, 5.74) is 1.87. The smallest absolute Gasteiger partial charge is 0.273 e. The van der Waals surface area contributed by atoms with E-state index in [9.17, 15) is 10.1 Å². The molecule has 1 aromatic heterocycles. The Morgan fingerprint density at radius 2 is 2.11 bits per heavy atom. The number of hydrogen-bond acceptors (Lipinski definition) is 4. The molecule has 94 valence electrons. The van der Waals surface area contributed by atoms with E-state index in [2.05, 4.69) is 10.4 Å². The van der Waals surface area contributed by atoms with E-state index in [4.69, 9.17) is 0 Å². The van der Waals surface area contributed by atoms with Crippen LogP contribution in [0.2, 0.25) is 0 Å². The van der Waals surface area contributed by atoms with E-state index >= 15 is 0 Å². The fraction of sp³-hybridized carbons (Fsp3) is 0.250. The van der Waals surface area contributed by atoms with Crippen LogP contribution in [-0.2, 0) is 20.1 Å². The van der Waals surface area contributed by atoms with Crippen molar-refractivity contribution in [3.63, 3.8) is 0 Å². The van der Waals surface area contributed by atoms with Crippen LogP contribution in [0.15, 0.2) is 36.5 Å². The van der Waals surface area contributed by atoms with Crippen molar-refractivity contribution in [1.82, 2.24) is 15.1 Å². The molecule has 0 aliphatic carbocycles. The molecule has 6 heteroatoms. The molecule has 6 nitrogen and oxygen atoms in total. The van der Waals surface area contributed by atoms with Crippen molar-refractivity contribution in [3.8, 4) is 0 Å². The Morgan fingerprint density at radius 1 is 1.33 bits per heavy atom. The van der Waals surface area contributed by atoms with Gasteiger partial charge in [0, 0.05) is 38.0 Å². The summed E-state index contributed by atoms with van der Waals surface area (Å²) in [6.07, 6.45) is 1.72. The average molecular weight is 246 g/mol. The first-order chi connectivity index (χ1) is 8.68. The largest absolute Gasteiger partial charge is 0.307 e. The third-order valence-electron chi connectivity index (χ3n) is 2.73. The molecule has 2 aromatic rings. The standard InChI is InChI=1S/C12H14N4O2/c1-15-11(6-7-14-15)9-13-8-10-4-2-3-5-12(10)16(17)18/h2-7,13H,8-9H2,1H3. The number of aryl methyl sites for hydroxylation is 1. The molecule has 0 aliphatic heterocycles. The molecule has 18 heavy (non-hydrogen) atoms. The quantitative estimate of drug-likeness (QED) is 0.642. The minimum Gasteiger partial charge on any atom is -0.307 e. The van der Waals surface area contributed by atoms with Crippen molar-refractivity contribution < 1.29 is 4.92 Å². The highest BCUT2D eigenvalue weighted by atomic mass is 16.6. The van der Waals surface area contributed by atoms with Crippen LogP contribution in [0.3, 0.4) is 0 Å². The van der Waals surface area contributed by atoms with Gasteiger partial charge in [-0.2, -0.15) is 5.10 Å². The van der Waals surface area contributed by atoms with Crippen LogP contribution in [0.4, 0.5) is 5.69 Å². The van der Waals surface area contributed by atoms with E-state index < -0.39 is 0 Å². The van der Waals surface area contributed by atoms with Gasteiger partial charge in [-0.3, -0.25) is 14.8 Å². The molecular formula is C12H14N4O2. The van der Waals surface area contributed by atoms with E-state index in [-0.39, 0.29) is 10.6 Å². The van der Waals surface area contributed by atoms with Crippen LogP contribution in [-0.4, -0.2) is 14.7 Å². The number of nitro groups is 1. The highest BCUT2D eigenvalue weighted by Crippen LogP contribution is 2.17. The van der Waals surface area contributed by atoms with Crippen LogP contribution in [0.1, 0.15) is 11.3 Å². The van der Waals surface area contributed by atoms with Crippen LogP contribution < -0.4 is 5.32 Å². The highest BCUT2D eigenvalue weighted by Gasteiger charge is 2.11. The molecule has 1 N–H and O–H groups in total. The first-order valence-electron chi connectivity index (χ1n) is 5.58. The molecule has 1 heterocycles. The first kappa shape index (κ1) is 12.3. The molecule has 0 saturated heterocycles. The second-order valence-electron chi connectivity index (χ2n) is 3.94. The lowest BCUT2D eigenvalue weighted by Gasteiger charge is -2.05. The summed E-state index contributed by atoms with van der Waals surface area (Å²) in [6, 6.07) is 8.65. The third kappa shape index (κ3) is 2.72. The number of rotatable bonds is 5. The van der Waals surface area contributed by atoms with Crippen molar-refractivity contribution >= 4 is 5.69 Å². The van der Waals surface area contributed by atoms with Gasteiger partial charge in [-0.1, -0.05) is 18.2 Å². The van der Waals surface area contributed by atoms with Gasteiger partial charge in [0.15, 0.2) is 0 Å². The topological polar surface area (TPSA) is 73.0 Å². The van der Waals surface area contributed by atoms with E-state index in [0.29, 0.717) is 18.7 Å². The molecule has 1 aromatic carbocycles. The Kier molecular flexibility index (Phi) is 3.69. The monoisotopic (exact) mass is 246 g/mol. The lowest BCUT2D eigenvalue weighted by atomic mass is 10.2. The second kappa shape index (κ2) is 5.42. The van der Waals surface area contributed by atoms with Gasteiger partial charge in [-0.25, -0.2) is 0 Å². The molecule has 0 aliphatic rings. The van der Waals surface area contributed by atoms with Gasteiger partial charge in [0.05, 0.1) is 10.6 Å². The first-order valence-corrected chi connectivity index (χ1v) is 5.58. The maximum Gasteiger partial charge on any atom is 0.273 e. The zero-order valence-corrected chi connectivity index (χ0v) is 10.0.